The molecule has 1 aromatic carbocycles. The molecule has 2 nitrogen and oxygen atoms in total. The van der Waals surface area contributed by atoms with E-state index in [1.54, 1.807) is 0 Å². The van der Waals surface area contributed by atoms with Crippen LogP contribution < -0.4 is 5.19 Å². The summed E-state index contributed by atoms with van der Waals surface area (Å²) in [5.41, 5.74) is 5.01. The molecule has 0 spiro atoms. The van der Waals surface area contributed by atoms with Crippen LogP contribution in [0.4, 0.5) is 0 Å². The van der Waals surface area contributed by atoms with E-state index >= 15 is 0 Å². The molecule has 0 N–H and O–H groups in total. The van der Waals surface area contributed by atoms with E-state index in [0.717, 1.165) is 6.42 Å². The van der Waals surface area contributed by atoms with Crippen LogP contribution in [0.3, 0.4) is 0 Å². The third-order valence-corrected chi connectivity index (χ3v) is 9.11. The summed E-state index contributed by atoms with van der Waals surface area (Å²) in [5, 5.41) is 1.49. The van der Waals surface area contributed by atoms with Crippen LogP contribution in [-0.4, -0.2) is 26.4 Å². The van der Waals surface area contributed by atoms with E-state index in [0.29, 0.717) is 0 Å². The molecule has 0 atom stereocenters. The van der Waals surface area contributed by atoms with E-state index < -0.39 is 8.07 Å². The topological polar surface area (TPSA) is 18.5 Å². The highest BCUT2D eigenvalue weighted by Gasteiger charge is 2.50. The average molecular weight is 368 g/mol. The van der Waals surface area contributed by atoms with E-state index in [9.17, 15) is 0 Å². The highest BCUT2D eigenvalue weighted by molar-refractivity contribution is 6.94. The van der Waals surface area contributed by atoms with E-state index in [2.05, 4.69) is 82.8 Å². The first-order valence-corrected chi connectivity index (χ1v) is 13.0. The number of rotatable bonds is 3. The second-order valence-electron chi connectivity index (χ2n) is 9.28. The van der Waals surface area contributed by atoms with Gasteiger partial charge in [-0.2, -0.15) is 0 Å². The van der Waals surface area contributed by atoms with Crippen molar-refractivity contribution >= 4 is 20.4 Å². The van der Waals surface area contributed by atoms with Crippen LogP contribution in [0.15, 0.2) is 53.2 Å². The van der Waals surface area contributed by atoms with Gasteiger partial charge in [0.1, 0.15) is 8.07 Å². The standard InChI is InChI=1S/C22H33BO2Si/c1-21(2)22(3,4)25-23(24-21)16-18-12-10-11-13-19(18)17-26(5,6)20-14-8-7-9-15-20/h7-9,14-17H,10-13H2,1-6H3/b18-16-,19-17-. The molecule has 1 aliphatic carbocycles. The Kier molecular flexibility index (Phi) is 5.40. The SMILES string of the molecule is CC1(C)OB(/C=C2/CCCC/C2=C/[Si](C)(C)c2ccccc2)OC1(C)C. The lowest BCUT2D eigenvalue weighted by atomic mass is 9.80. The minimum atomic E-state index is -1.61. The van der Waals surface area contributed by atoms with Crippen LogP contribution >= 0.6 is 0 Å². The summed E-state index contributed by atoms with van der Waals surface area (Å²) in [6.45, 7) is 13.4. The smallest absolute Gasteiger partial charge is 0.400 e. The predicted octanol–water partition coefficient (Wildman–Crippen LogP) is 5.20. The summed E-state index contributed by atoms with van der Waals surface area (Å²) in [4.78, 5) is 0. The first kappa shape index (κ1) is 19.7. The summed E-state index contributed by atoms with van der Waals surface area (Å²) in [6.07, 6.45) is 4.85. The molecular weight excluding hydrogens is 335 g/mol. The van der Waals surface area contributed by atoms with Gasteiger partial charge in [-0.1, -0.05) is 71.4 Å². The van der Waals surface area contributed by atoms with Gasteiger partial charge in [-0.3, -0.25) is 0 Å². The molecule has 1 saturated heterocycles. The van der Waals surface area contributed by atoms with Crippen molar-refractivity contribution in [1.29, 1.82) is 0 Å². The van der Waals surface area contributed by atoms with Crippen molar-refractivity contribution in [2.24, 2.45) is 0 Å². The van der Waals surface area contributed by atoms with Crippen LogP contribution in [0.25, 0.3) is 0 Å². The second kappa shape index (κ2) is 7.14. The molecule has 1 heterocycles. The molecule has 0 aromatic heterocycles. The van der Waals surface area contributed by atoms with E-state index in [4.69, 9.17) is 9.31 Å². The molecule has 26 heavy (non-hydrogen) atoms. The maximum atomic E-state index is 6.22. The van der Waals surface area contributed by atoms with Crippen molar-refractivity contribution in [2.45, 2.75) is 77.7 Å². The molecule has 2 aliphatic rings. The second-order valence-corrected chi connectivity index (χ2v) is 13.6. The lowest BCUT2D eigenvalue weighted by Gasteiger charge is -2.32. The maximum absolute atomic E-state index is 6.22. The van der Waals surface area contributed by atoms with Crippen molar-refractivity contribution in [3.05, 3.63) is 53.2 Å². The Morgan fingerprint density at radius 3 is 2.00 bits per heavy atom. The first-order chi connectivity index (χ1) is 12.1. The highest BCUT2D eigenvalue weighted by atomic mass is 28.3. The van der Waals surface area contributed by atoms with Crippen LogP contribution in [0, 0.1) is 0 Å². The molecule has 4 heteroatoms. The van der Waals surface area contributed by atoms with Gasteiger partial charge in [-0.05, 0) is 53.4 Å². The largest absolute Gasteiger partial charge is 0.487 e. The molecule has 1 aromatic rings. The van der Waals surface area contributed by atoms with Gasteiger partial charge >= 0.3 is 7.12 Å². The number of benzene rings is 1. The Labute approximate surface area is 160 Å². The van der Waals surface area contributed by atoms with Crippen molar-refractivity contribution < 1.29 is 9.31 Å². The maximum Gasteiger partial charge on any atom is 0.487 e. The zero-order valence-electron chi connectivity index (χ0n) is 17.3. The predicted molar refractivity (Wildman–Crippen MR) is 114 cm³/mol. The Hall–Kier alpha value is -1.10. The van der Waals surface area contributed by atoms with Crippen LogP contribution in [-0.2, 0) is 9.31 Å². The molecule has 140 valence electrons. The Bertz CT molecular complexity index is 688. The van der Waals surface area contributed by atoms with Gasteiger partial charge in [0.25, 0.3) is 0 Å². The van der Waals surface area contributed by atoms with Crippen molar-refractivity contribution in [1.82, 2.24) is 0 Å². The molecule has 3 rings (SSSR count). The molecule has 0 amide bonds. The summed E-state index contributed by atoms with van der Waals surface area (Å²) < 4.78 is 12.4. The van der Waals surface area contributed by atoms with Crippen molar-refractivity contribution in [3.63, 3.8) is 0 Å². The van der Waals surface area contributed by atoms with Gasteiger partial charge in [0.15, 0.2) is 0 Å². The number of hydrogen-bond donors (Lipinski definition) is 0. The number of allylic oxidation sites excluding steroid dienone is 2. The van der Waals surface area contributed by atoms with Crippen LogP contribution in [0.2, 0.25) is 13.1 Å². The lowest BCUT2D eigenvalue weighted by Crippen LogP contribution is -2.41. The fraction of sp³-hybridized carbons (Fsp3) is 0.545. The first-order valence-electron chi connectivity index (χ1n) is 9.95. The quantitative estimate of drug-likeness (QED) is 0.683. The fourth-order valence-corrected chi connectivity index (χ4v) is 6.23. The summed E-state index contributed by atoms with van der Waals surface area (Å²) in [7, 11) is -1.84. The van der Waals surface area contributed by atoms with Gasteiger partial charge in [0.05, 0.1) is 11.2 Å². The van der Waals surface area contributed by atoms with Crippen molar-refractivity contribution in [2.75, 3.05) is 0 Å². The van der Waals surface area contributed by atoms with Crippen molar-refractivity contribution in [3.8, 4) is 0 Å². The minimum Gasteiger partial charge on any atom is -0.400 e. The van der Waals surface area contributed by atoms with Gasteiger partial charge in [-0.25, -0.2) is 0 Å². The van der Waals surface area contributed by atoms with Gasteiger partial charge in [0, 0.05) is 0 Å². The fourth-order valence-electron chi connectivity index (χ4n) is 3.81. The third-order valence-electron chi connectivity index (χ3n) is 6.22. The average Bonchev–Trinajstić information content (AvgIpc) is 2.77. The van der Waals surface area contributed by atoms with E-state index in [-0.39, 0.29) is 18.3 Å². The lowest BCUT2D eigenvalue weighted by molar-refractivity contribution is 0.00578. The minimum absolute atomic E-state index is 0.238. The van der Waals surface area contributed by atoms with Crippen LogP contribution in [0.5, 0.6) is 0 Å². The molecule has 0 radical (unpaired) electrons. The normalized spacial score (nSPS) is 25.8. The molecule has 2 fully saturated rings. The van der Waals surface area contributed by atoms with Crippen LogP contribution in [0.1, 0.15) is 53.4 Å². The summed E-state index contributed by atoms with van der Waals surface area (Å²) >= 11 is 0. The zero-order chi connectivity index (χ0) is 19.0. The molecular formula is C22H33BO2Si. The monoisotopic (exact) mass is 368 g/mol. The Morgan fingerprint density at radius 2 is 1.42 bits per heavy atom. The molecule has 0 bridgehead atoms. The Morgan fingerprint density at radius 1 is 0.885 bits per heavy atom. The molecule has 1 aliphatic heterocycles. The summed E-state index contributed by atoms with van der Waals surface area (Å²) in [6, 6.07) is 11.0. The third kappa shape index (κ3) is 4.08. The molecule has 0 unspecified atom stereocenters. The molecule has 1 saturated carbocycles. The number of hydrogen-bond acceptors (Lipinski definition) is 2. The van der Waals surface area contributed by atoms with Gasteiger partial charge in [-0.15, -0.1) is 0 Å². The van der Waals surface area contributed by atoms with Gasteiger partial charge < -0.3 is 9.31 Å². The summed E-state index contributed by atoms with van der Waals surface area (Å²) in [5.74, 6) is 2.25. The highest BCUT2D eigenvalue weighted by Crippen LogP contribution is 2.38. The van der Waals surface area contributed by atoms with E-state index in [1.807, 2.05) is 0 Å². The van der Waals surface area contributed by atoms with E-state index in [1.165, 1.54) is 35.6 Å². The zero-order valence-corrected chi connectivity index (χ0v) is 18.3. The Balaban J connectivity index is 1.87. The van der Waals surface area contributed by atoms with Gasteiger partial charge in [0.2, 0.25) is 0 Å².